The predicted molar refractivity (Wildman–Crippen MR) is 137 cm³/mol. The van der Waals surface area contributed by atoms with E-state index in [1.165, 1.54) is 0 Å². The van der Waals surface area contributed by atoms with Gasteiger partial charge in [-0.3, -0.25) is 4.79 Å². The van der Waals surface area contributed by atoms with E-state index in [9.17, 15) is 25.2 Å². The average molecular weight is 465 g/mol. The van der Waals surface area contributed by atoms with E-state index in [1.807, 2.05) is 72.8 Å². The second-order valence-electron chi connectivity index (χ2n) is 9.73. The summed E-state index contributed by atoms with van der Waals surface area (Å²) in [6, 6.07) is 0. The third-order valence-corrected chi connectivity index (χ3v) is 6.72. The number of carbonyl (C=O) groups is 1. The summed E-state index contributed by atoms with van der Waals surface area (Å²) < 4.78 is 0. The van der Waals surface area contributed by atoms with Crippen LogP contribution in [-0.2, 0) is 4.79 Å². The smallest absolute Gasteiger partial charge is 0.138 e. The number of Topliss-reactive ketones (excluding diaryl/α,β-unsaturated/α-hetero) is 1. The monoisotopic (exact) mass is 464 g/mol. The van der Waals surface area contributed by atoms with E-state index in [-0.39, 0.29) is 23.5 Å². The van der Waals surface area contributed by atoms with E-state index in [0.29, 0.717) is 12.0 Å². The van der Waals surface area contributed by atoms with Gasteiger partial charge in [-0.05, 0) is 56.9 Å². The van der Waals surface area contributed by atoms with Crippen LogP contribution in [0.25, 0.3) is 0 Å². The SMILES string of the molecule is C/C=C(\C)[C@@H](O)[C@@H](C)/C=C(\C)[C@@H](O)[C@@H](C)/C=C(\C)[C@@H](O)[C@@H](C)/C=C(\C)[C@@H](O)[C@@H](C)C(=O)CC. The van der Waals surface area contributed by atoms with Crippen molar-refractivity contribution in [3.63, 3.8) is 0 Å². The Morgan fingerprint density at radius 1 is 0.636 bits per heavy atom. The highest BCUT2D eigenvalue weighted by Crippen LogP contribution is 2.24. The summed E-state index contributed by atoms with van der Waals surface area (Å²) >= 11 is 0. The third-order valence-electron chi connectivity index (χ3n) is 6.72. The summed E-state index contributed by atoms with van der Waals surface area (Å²) in [6.07, 6.45) is 4.87. The average Bonchev–Trinajstić information content (AvgIpc) is 2.79. The molecule has 33 heavy (non-hydrogen) atoms. The van der Waals surface area contributed by atoms with Gasteiger partial charge in [0.05, 0.1) is 24.4 Å². The van der Waals surface area contributed by atoms with Crippen LogP contribution in [0, 0.1) is 23.7 Å². The first-order chi connectivity index (χ1) is 15.2. The lowest BCUT2D eigenvalue weighted by Crippen LogP contribution is -2.27. The van der Waals surface area contributed by atoms with Gasteiger partial charge >= 0.3 is 0 Å². The largest absolute Gasteiger partial charge is 0.388 e. The van der Waals surface area contributed by atoms with Gasteiger partial charge in [-0.2, -0.15) is 0 Å². The Hall–Kier alpha value is -1.53. The highest BCUT2D eigenvalue weighted by atomic mass is 16.3. The Balaban J connectivity index is 5.36. The molecular formula is C28H48O5. The number of carbonyl (C=O) groups excluding carboxylic acids is 1. The van der Waals surface area contributed by atoms with E-state index >= 15 is 0 Å². The highest BCUT2D eigenvalue weighted by molar-refractivity contribution is 5.81. The van der Waals surface area contributed by atoms with Crippen molar-refractivity contribution in [3.05, 3.63) is 46.6 Å². The summed E-state index contributed by atoms with van der Waals surface area (Å²) in [4.78, 5) is 11.9. The lowest BCUT2D eigenvalue weighted by atomic mass is 9.87. The van der Waals surface area contributed by atoms with Gasteiger partial charge in [0.1, 0.15) is 5.78 Å². The molecule has 0 spiro atoms. The maximum Gasteiger partial charge on any atom is 0.138 e. The molecule has 0 aromatic rings. The van der Waals surface area contributed by atoms with Crippen molar-refractivity contribution < 1.29 is 25.2 Å². The van der Waals surface area contributed by atoms with Crippen molar-refractivity contribution in [2.75, 3.05) is 0 Å². The normalized spacial score (nSPS) is 21.6. The molecule has 0 aliphatic heterocycles. The second kappa shape index (κ2) is 14.7. The summed E-state index contributed by atoms with van der Waals surface area (Å²) in [5, 5.41) is 42.4. The number of aliphatic hydroxyl groups is 4. The topological polar surface area (TPSA) is 98.0 Å². The number of allylic oxidation sites excluding steroid dienone is 1. The maximum absolute atomic E-state index is 11.9. The van der Waals surface area contributed by atoms with Crippen LogP contribution in [-0.4, -0.2) is 50.6 Å². The number of ketones is 1. The molecule has 0 saturated carbocycles. The molecule has 0 aromatic carbocycles. The number of aliphatic hydroxyl groups excluding tert-OH is 4. The molecule has 5 nitrogen and oxygen atoms in total. The van der Waals surface area contributed by atoms with Crippen molar-refractivity contribution in [2.45, 2.75) is 100 Å². The van der Waals surface area contributed by atoms with E-state index < -0.39 is 30.3 Å². The lowest BCUT2D eigenvalue weighted by Gasteiger charge is -2.24. The summed E-state index contributed by atoms with van der Waals surface area (Å²) in [7, 11) is 0. The quantitative estimate of drug-likeness (QED) is 0.295. The van der Waals surface area contributed by atoms with Crippen molar-refractivity contribution in [1.82, 2.24) is 0 Å². The van der Waals surface area contributed by atoms with Crippen LogP contribution in [0.3, 0.4) is 0 Å². The molecule has 0 aliphatic rings. The molecule has 0 amide bonds. The molecule has 8 atom stereocenters. The van der Waals surface area contributed by atoms with Crippen molar-refractivity contribution in [3.8, 4) is 0 Å². The molecular weight excluding hydrogens is 416 g/mol. The molecule has 5 heteroatoms. The van der Waals surface area contributed by atoms with Crippen LogP contribution in [0.5, 0.6) is 0 Å². The first kappa shape index (κ1) is 31.5. The molecule has 0 bridgehead atoms. The zero-order valence-corrected chi connectivity index (χ0v) is 22.3. The van der Waals surface area contributed by atoms with Gasteiger partial charge < -0.3 is 20.4 Å². The van der Waals surface area contributed by atoms with Gasteiger partial charge in [-0.25, -0.2) is 0 Å². The molecule has 0 rings (SSSR count). The first-order valence-electron chi connectivity index (χ1n) is 12.1. The molecule has 4 N–H and O–H groups in total. The van der Waals surface area contributed by atoms with Gasteiger partial charge in [-0.1, -0.05) is 58.9 Å². The molecule has 0 aromatic heterocycles. The number of rotatable bonds is 13. The fourth-order valence-electron chi connectivity index (χ4n) is 4.12. The molecule has 190 valence electrons. The van der Waals surface area contributed by atoms with Gasteiger partial charge in [0.15, 0.2) is 0 Å². The van der Waals surface area contributed by atoms with Crippen LogP contribution >= 0.6 is 0 Å². The zero-order chi connectivity index (χ0) is 26.0. The predicted octanol–water partition coefficient (Wildman–Crippen LogP) is 4.76. The fraction of sp³-hybridized carbons (Fsp3) is 0.679. The van der Waals surface area contributed by atoms with E-state index in [1.54, 1.807) is 20.8 Å². The van der Waals surface area contributed by atoms with Crippen LogP contribution in [0.4, 0.5) is 0 Å². The lowest BCUT2D eigenvalue weighted by molar-refractivity contribution is -0.124. The highest BCUT2D eigenvalue weighted by Gasteiger charge is 2.24. The summed E-state index contributed by atoms with van der Waals surface area (Å²) in [5.41, 5.74) is 3.07. The van der Waals surface area contributed by atoms with Gasteiger partial charge in [0.25, 0.3) is 0 Å². The Morgan fingerprint density at radius 2 is 0.939 bits per heavy atom. The Labute approximate surface area is 201 Å². The molecule has 0 heterocycles. The molecule has 0 unspecified atom stereocenters. The molecule has 0 saturated heterocycles. The number of hydrogen-bond donors (Lipinski definition) is 4. The van der Waals surface area contributed by atoms with Crippen molar-refractivity contribution >= 4 is 5.78 Å². The fourth-order valence-corrected chi connectivity index (χ4v) is 4.12. The maximum atomic E-state index is 11.9. The van der Waals surface area contributed by atoms with Crippen LogP contribution in [0.2, 0.25) is 0 Å². The molecule has 0 aliphatic carbocycles. The van der Waals surface area contributed by atoms with Crippen LogP contribution < -0.4 is 0 Å². The molecule has 0 fully saturated rings. The minimum absolute atomic E-state index is 0.00785. The van der Waals surface area contributed by atoms with Crippen LogP contribution in [0.1, 0.15) is 75.7 Å². The Bertz CT molecular complexity index is 745. The van der Waals surface area contributed by atoms with Crippen molar-refractivity contribution in [2.24, 2.45) is 23.7 Å². The Kier molecular flexibility index (Phi) is 14.0. The third kappa shape index (κ3) is 9.70. The van der Waals surface area contributed by atoms with Gasteiger partial charge in [-0.15, -0.1) is 0 Å². The Morgan fingerprint density at radius 3 is 1.24 bits per heavy atom. The van der Waals surface area contributed by atoms with Gasteiger partial charge in [0.2, 0.25) is 0 Å². The zero-order valence-electron chi connectivity index (χ0n) is 22.3. The van der Waals surface area contributed by atoms with E-state index in [0.717, 1.165) is 16.7 Å². The standard InChI is InChI=1S/C28H48O5/c1-11-16(3)25(30)17(4)13-18(5)26(31)19(6)14-20(7)27(32)21(8)15-22(9)28(33)23(10)24(29)12-2/h11,13-15,17,19,21,23,25-28,30-33H,12H2,1-10H3/b16-11+,18-13+,20-14+,22-15+/t17-,19-,21-,23-,25+,26+,27+,28+/m0/s1. The minimum Gasteiger partial charge on any atom is -0.388 e. The first-order valence-corrected chi connectivity index (χ1v) is 12.1. The van der Waals surface area contributed by atoms with Crippen molar-refractivity contribution in [1.29, 1.82) is 0 Å². The van der Waals surface area contributed by atoms with E-state index in [2.05, 4.69) is 0 Å². The van der Waals surface area contributed by atoms with Crippen LogP contribution in [0.15, 0.2) is 46.6 Å². The van der Waals surface area contributed by atoms with Gasteiger partial charge in [0, 0.05) is 30.1 Å². The second-order valence-corrected chi connectivity index (χ2v) is 9.73. The summed E-state index contributed by atoms with van der Waals surface area (Å²) in [5.74, 6) is -1.09. The molecule has 0 radical (unpaired) electrons. The van der Waals surface area contributed by atoms with E-state index in [4.69, 9.17) is 0 Å². The minimum atomic E-state index is -0.867. The summed E-state index contributed by atoms with van der Waals surface area (Å²) in [6.45, 7) is 18.4. The number of hydrogen-bond acceptors (Lipinski definition) is 5.